The first-order valence-electron chi connectivity index (χ1n) is 7.94. The van der Waals surface area contributed by atoms with E-state index in [-0.39, 0.29) is 35.9 Å². The molecule has 27 heavy (non-hydrogen) atoms. The van der Waals surface area contributed by atoms with E-state index >= 15 is 0 Å². The molecule has 0 radical (unpaired) electrons. The zero-order valence-electron chi connectivity index (χ0n) is 15.0. The fourth-order valence-corrected chi connectivity index (χ4v) is 2.80. The molecule has 1 unspecified atom stereocenters. The average Bonchev–Trinajstić information content (AvgIpc) is 3.03. The molecule has 3 aromatic rings. The molecule has 0 bridgehead atoms. The van der Waals surface area contributed by atoms with Gasteiger partial charge < -0.3 is 19.2 Å². The number of aromatic nitrogens is 4. The summed E-state index contributed by atoms with van der Waals surface area (Å²) in [5.41, 5.74) is 0.0333. The van der Waals surface area contributed by atoms with E-state index in [1.54, 1.807) is 13.1 Å². The minimum atomic E-state index is -1.17. The summed E-state index contributed by atoms with van der Waals surface area (Å²) in [5.74, 6) is 0.156. The van der Waals surface area contributed by atoms with E-state index in [0.717, 1.165) is 4.57 Å². The van der Waals surface area contributed by atoms with Crippen molar-refractivity contribution in [2.45, 2.75) is 6.54 Å². The van der Waals surface area contributed by atoms with Gasteiger partial charge in [-0.05, 0) is 11.6 Å². The predicted molar refractivity (Wildman–Crippen MR) is 94.0 cm³/mol. The molecule has 0 aliphatic carbocycles. The molecule has 0 aliphatic rings. The Balaban J connectivity index is 2.09. The van der Waals surface area contributed by atoms with Crippen LogP contribution in [0.5, 0.6) is 5.75 Å². The SMILES string of the molecule is COCOc1ccc(Cn2c(=O)n(C)c(=O)c3c2ncn3C)cc1[NH+]([O-])O. The Morgan fingerprint density at radius 1 is 1.30 bits per heavy atom. The molecule has 144 valence electrons. The Labute approximate surface area is 152 Å². The second-order valence-electron chi connectivity index (χ2n) is 5.95. The second kappa shape index (κ2) is 7.32. The quantitative estimate of drug-likeness (QED) is 0.411. The van der Waals surface area contributed by atoms with Crippen LogP contribution in [0.1, 0.15) is 5.56 Å². The van der Waals surface area contributed by atoms with Crippen LogP contribution in [0.2, 0.25) is 0 Å². The fourth-order valence-electron chi connectivity index (χ4n) is 2.80. The molecule has 1 atom stereocenters. The van der Waals surface area contributed by atoms with Crippen LogP contribution in [0.15, 0.2) is 34.1 Å². The number of imidazole rings is 1. The first kappa shape index (κ1) is 18.8. The van der Waals surface area contributed by atoms with Crippen molar-refractivity contribution in [3.8, 4) is 5.75 Å². The molecule has 2 aromatic heterocycles. The van der Waals surface area contributed by atoms with Gasteiger partial charge in [-0.1, -0.05) is 6.07 Å². The van der Waals surface area contributed by atoms with Gasteiger partial charge in [-0.3, -0.25) is 13.9 Å². The van der Waals surface area contributed by atoms with E-state index in [1.165, 1.54) is 41.8 Å². The van der Waals surface area contributed by atoms with Crippen LogP contribution < -0.4 is 21.2 Å². The Hall–Kier alpha value is -2.99. The Kier molecular flexibility index (Phi) is 5.10. The summed E-state index contributed by atoms with van der Waals surface area (Å²) in [4.78, 5) is 29.0. The number of nitrogens with zero attached hydrogens (tertiary/aromatic N) is 4. The van der Waals surface area contributed by atoms with Crippen LogP contribution in [0.25, 0.3) is 11.2 Å². The highest BCUT2D eigenvalue weighted by Crippen LogP contribution is 2.23. The molecular formula is C16H19N5O6. The molecule has 0 fully saturated rings. The van der Waals surface area contributed by atoms with Gasteiger partial charge in [0.05, 0.1) is 12.9 Å². The Morgan fingerprint density at radius 3 is 2.70 bits per heavy atom. The van der Waals surface area contributed by atoms with Gasteiger partial charge >= 0.3 is 5.69 Å². The monoisotopic (exact) mass is 377 g/mol. The highest BCUT2D eigenvalue weighted by Gasteiger charge is 2.17. The van der Waals surface area contributed by atoms with E-state index in [2.05, 4.69) is 4.98 Å². The van der Waals surface area contributed by atoms with Gasteiger partial charge in [0, 0.05) is 27.3 Å². The summed E-state index contributed by atoms with van der Waals surface area (Å²) >= 11 is 0. The maximum atomic E-state index is 12.6. The standard InChI is InChI=1S/C16H19N5O6/c1-18-8-17-14-13(18)15(22)19(2)16(23)20(14)7-10-4-5-12(27-9-26-3)11(6-10)21(24)25/h4-6,8,21,24H,7,9H2,1-3H3. The molecule has 0 spiro atoms. The fraction of sp³-hybridized carbons (Fsp3) is 0.312. The van der Waals surface area contributed by atoms with Crippen LogP contribution in [-0.4, -0.2) is 37.8 Å². The van der Waals surface area contributed by atoms with Crippen molar-refractivity contribution in [3.63, 3.8) is 0 Å². The third-order valence-corrected chi connectivity index (χ3v) is 4.15. The lowest BCUT2D eigenvalue weighted by Crippen LogP contribution is -2.99. The van der Waals surface area contributed by atoms with Crippen molar-refractivity contribution in [3.05, 3.63) is 56.1 Å². The third-order valence-electron chi connectivity index (χ3n) is 4.15. The lowest BCUT2D eigenvalue weighted by atomic mass is 10.2. The van der Waals surface area contributed by atoms with Crippen LogP contribution in [0.3, 0.4) is 0 Å². The molecular weight excluding hydrogens is 358 g/mol. The summed E-state index contributed by atoms with van der Waals surface area (Å²) in [5, 5.41) is 19.8. The highest BCUT2D eigenvalue weighted by atomic mass is 16.8. The van der Waals surface area contributed by atoms with Crippen molar-refractivity contribution in [1.82, 2.24) is 18.7 Å². The minimum absolute atomic E-state index is 0.0469. The third kappa shape index (κ3) is 3.36. The van der Waals surface area contributed by atoms with Crippen LogP contribution >= 0.6 is 0 Å². The highest BCUT2D eigenvalue weighted by molar-refractivity contribution is 5.70. The zero-order valence-corrected chi connectivity index (χ0v) is 15.0. The zero-order chi connectivity index (χ0) is 19.7. The average molecular weight is 377 g/mol. The Morgan fingerprint density at radius 2 is 2.04 bits per heavy atom. The van der Waals surface area contributed by atoms with Crippen molar-refractivity contribution >= 4 is 16.9 Å². The maximum Gasteiger partial charge on any atom is 0.332 e. The minimum Gasteiger partial charge on any atom is -0.595 e. The first-order chi connectivity index (χ1) is 12.8. The van der Waals surface area contributed by atoms with Crippen molar-refractivity contribution in [1.29, 1.82) is 0 Å². The van der Waals surface area contributed by atoms with Gasteiger partial charge in [0.25, 0.3) is 5.56 Å². The normalized spacial score (nSPS) is 12.5. The number of ether oxygens (including phenoxy) is 2. The molecule has 11 nitrogen and oxygen atoms in total. The van der Waals surface area contributed by atoms with E-state index in [1.807, 2.05) is 0 Å². The number of hydrogen-bond donors (Lipinski definition) is 2. The number of nitrogens with one attached hydrogen (secondary N) is 1. The number of rotatable bonds is 6. The van der Waals surface area contributed by atoms with Crippen LogP contribution in [0, 0.1) is 5.21 Å². The predicted octanol–water partition coefficient (Wildman–Crippen LogP) is -1.13. The molecule has 3 rings (SSSR count). The maximum absolute atomic E-state index is 12.6. The van der Waals surface area contributed by atoms with Crippen molar-refractivity contribution in [2.24, 2.45) is 14.1 Å². The Bertz CT molecular complexity index is 1100. The summed E-state index contributed by atoms with van der Waals surface area (Å²) in [6.45, 7) is -0.0419. The van der Waals surface area contributed by atoms with Crippen molar-refractivity contribution < 1.29 is 19.9 Å². The molecule has 0 amide bonds. The van der Waals surface area contributed by atoms with E-state index in [9.17, 15) is 20.0 Å². The van der Waals surface area contributed by atoms with Gasteiger partial charge in [0.15, 0.2) is 23.7 Å². The van der Waals surface area contributed by atoms with E-state index in [0.29, 0.717) is 5.56 Å². The summed E-state index contributed by atoms with van der Waals surface area (Å²) in [6.07, 6.45) is 1.45. The lowest BCUT2D eigenvalue weighted by molar-refractivity contribution is -0.991. The molecule has 1 aromatic carbocycles. The topological polar surface area (TPSA) is 128 Å². The van der Waals surface area contributed by atoms with Crippen LogP contribution in [0.4, 0.5) is 5.69 Å². The number of hydrogen-bond acceptors (Lipinski definition) is 7. The van der Waals surface area contributed by atoms with Gasteiger partial charge in [-0.2, -0.15) is 5.23 Å². The van der Waals surface area contributed by atoms with E-state index < -0.39 is 16.5 Å². The number of aryl methyl sites for hydroxylation is 1. The molecule has 0 saturated heterocycles. The smallest absolute Gasteiger partial charge is 0.332 e. The van der Waals surface area contributed by atoms with Gasteiger partial charge in [0.1, 0.15) is 0 Å². The van der Waals surface area contributed by atoms with Gasteiger partial charge in [0.2, 0.25) is 5.69 Å². The lowest BCUT2D eigenvalue weighted by Gasteiger charge is -2.17. The summed E-state index contributed by atoms with van der Waals surface area (Å²) in [6, 6.07) is 4.56. The molecule has 0 saturated carbocycles. The first-order valence-corrected chi connectivity index (χ1v) is 7.94. The number of fused-ring (bicyclic) bond motifs is 1. The second-order valence-corrected chi connectivity index (χ2v) is 5.95. The van der Waals surface area contributed by atoms with Gasteiger partial charge in [-0.25, -0.2) is 15.0 Å². The van der Waals surface area contributed by atoms with Crippen LogP contribution in [-0.2, 0) is 25.4 Å². The van der Waals surface area contributed by atoms with Crippen molar-refractivity contribution in [2.75, 3.05) is 13.9 Å². The number of methoxy groups -OCH3 is 1. The molecule has 2 heterocycles. The summed E-state index contributed by atoms with van der Waals surface area (Å²) < 4.78 is 13.9. The summed E-state index contributed by atoms with van der Waals surface area (Å²) in [7, 11) is 4.48. The number of benzene rings is 1. The molecule has 11 heteroatoms. The molecule has 0 aliphatic heterocycles. The largest absolute Gasteiger partial charge is 0.595 e. The van der Waals surface area contributed by atoms with Gasteiger partial charge in [-0.15, -0.1) is 0 Å². The molecule has 2 N–H and O–H groups in total. The number of quaternary nitrogens is 1. The van der Waals surface area contributed by atoms with E-state index in [4.69, 9.17) is 9.47 Å².